The molecule has 0 saturated carbocycles. The highest BCUT2D eigenvalue weighted by atomic mass is 16.2. The van der Waals surface area contributed by atoms with E-state index in [2.05, 4.69) is 33.7 Å². The highest BCUT2D eigenvalue weighted by molar-refractivity contribution is 6.01. The largest absolute Gasteiger partial charge is 0.352 e. The van der Waals surface area contributed by atoms with Crippen molar-refractivity contribution < 1.29 is 9.59 Å². The minimum atomic E-state index is -0.918. The smallest absolute Gasteiger partial charge is 0.273 e. The lowest BCUT2D eigenvalue weighted by Crippen LogP contribution is -2.63. The van der Waals surface area contributed by atoms with E-state index in [9.17, 15) is 9.59 Å². The van der Waals surface area contributed by atoms with Crippen molar-refractivity contribution in [1.29, 1.82) is 0 Å². The Balaban J connectivity index is 1.80. The molecule has 0 atom stereocenters. The molecule has 0 aromatic carbocycles. The molecule has 4 rings (SSSR count). The summed E-state index contributed by atoms with van der Waals surface area (Å²) in [4.78, 5) is 40.1. The average Bonchev–Trinajstić information content (AvgIpc) is 3.07. The van der Waals surface area contributed by atoms with Crippen LogP contribution in [0.4, 0.5) is 0 Å². The molecular formula is C22H26N6O2. The summed E-state index contributed by atoms with van der Waals surface area (Å²) in [6.45, 7) is 9.46. The van der Waals surface area contributed by atoms with E-state index < -0.39 is 5.54 Å². The van der Waals surface area contributed by atoms with Crippen LogP contribution in [-0.2, 0) is 11.3 Å². The number of hydrogen-bond acceptors (Lipinski definition) is 5. The van der Waals surface area contributed by atoms with E-state index in [4.69, 9.17) is 4.98 Å². The van der Waals surface area contributed by atoms with Crippen LogP contribution in [0.2, 0.25) is 0 Å². The van der Waals surface area contributed by atoms with Gasteiger partial charge in [-0.2, -0.15) is 0 Å². The Bertz CT molecular complexity index is 1100. The number of amides is 2. The van der Waals surface area contributed by atoms with Crippen LogP contribution in [0, 0.1) is 5.92 Å². The molecule has 1 N–H and O–H groups in total. The van der Waals surface area contributed by atoms with Crippen LogP contribution in [0.5, 0.6) is 0 Å². The van der Waals surface area contributed by atoms with Gasteiger partial charge in [0, 0.05) is 54.7 Å². The van der Waals surface area contributed by atoms with Gasteiger partial charge in [0.15, 0.2) is 0 Å². The fourth-order valence-electron chi connectivity index (χ4n) is 3.88. The Labute approximate surface area is 175 Å². The first-order chi connectivity index (χ1) is 14.3. The second kappa shape index (κ2) is 7.51. The molecule has 1 saturated heterocycles. The summed E-state index contributed by atoms with van der Waals surface area (Å²) in [5, 5.41) is 3.76. The molecule has 0 bridgehead atoms. The fraction of sp³-hybridized carbons (Fsp3) is 0.409. The molecule has 8 heteroatoms. The molecule has 2 amide bonds. The van der Waals surface area contributed by atoms with Crippen molar-refractivity contribution in [2.45, 2.75) is 39.8 Å². The number of hydrogen-bond donors (Lipinski definition) is 1. The summed E-state index contributed by atoms with van der Waals surface area (Å²) >= 11 is 0. The van der Waals surface area contributed by atoms with Gasteiger partial charge in [0.1, 0.15) is 23.2 Å². The number of carbonyl (C=O) groups is 2. The van der Waals surface area contributed by atoms with Crippen LogP contribution < -0.4 is 5.32 Å². The molecule has 4 heterocycles. The van der Waals surface area contributed by atoms with Gasteiger partial charge in [0.2, 0.25) is 5.91 Å². The maximum atomic E-state index is 13.3. The monoisotopic (exact) mass is 406 g/mol. The van der Waals surface area contributed by atoms with Gasteiger partial charge < -0.3 is 14.8 Å². The van der Waals surface area contributed by atoms with Gasteiger partial charge >= 0.3 is 0 Å². The Kier molecular flexibility index (Phi) is 5.01. The zero-order valence-corrected chi connectivity index (χ0v) is 17.7. The van der Waals surface area contributed by atoms with Gasteiger partial charge in [0.05, 0.1) is 0 Å². The SMILES string of the molecule is CC(C)Cn1cc(-c2cncnc2)c2ccc(C(=O)N3CCNC(=O)C3(C)C)nc21. The van der Waals surface area contributed by atoms with Crippen LogP contribution in [0.25, 0.3) is 22.2 Å². The second-order valence-electron chi connectivity index (χ2n) is 8.56. The number of nitrogens with one attached hydrogen (secondary N) is 1. The Morgan fingerprint density at radius 3 is 2.67 bits per heavy atom. The van der Waals surface area contributed by atoms with E-state index in [1.54, 1.807) is 37.2 Å². The first-order valence-electron chi connectivity index (χ1n) is 10.1. The third-order valence-corrected chi connectivity index (χ3v) is 5.47. The minimum absolute atomic E-state index is 0.155. The zero-order chi connectivity index (χ0) is 21.5. The summed E-state index contributed by atoms with van der Waals surface area (Å²) in [6.07, 6.45) is 7.09. The predicted octanol–water partition coefficient (Wildman–Crippen LogP) is 2.50. The zero-order valence-electron chi connectivity index (χ0n) is 17.7. The number of pyridine rings is 1. The van der Waals surface area contributed by atoms with E-state index in [1.165, 1.54) is 6.33 Å². The lowest BCUT2D eigenvalue weighted by atomic mass is 9.98. The molecule has 1 fully saturated rings. The van der Waals surface area contributed by atoms with E-state index in [0.29, 0.717) is 24.7 Å². The lowest BCUT2D eigenvalue weighted by molar-refractivity contribution is -0.133. The van der Waals surface area contributed by atoms with E-state index in [1.807, 2.05) is 12.3 Å². The molecule has 0 spiro atoms. The van der Waals surface area contributed by atoms with Crippen molar-refractivity contribution in [2.24, 2.45) is 5.92 Å². The van der Waals surface area contributed by atoms with E-state index in [0.717, 1.165) is 28.7 Å². The first-order valence-corrected chi connectivity index (χ1v) is 10.1. The van der Waals surface area contributed by atoms with Gasteiger partial charge in [-0.05, 0) is 31.9 Å². The number of nitrogens with zero attached hydrogens (tertiary/aromatic N) is 5. The fourth-order valence-corrected chi connectivity index (χ4v) is 3.88. The van der Waals surface area contributed by atoms with Gasteiger partial charge in [-0.15, -0.1) is 0 Å². The van der Waals surface area contributed by atoms with Crippen LogP contribution in [-0.4, -0.2) is 54.9 Å². The summed E-state index contributed by atoms with van der Waals surface area (Å²) < 4.78 is 2.08. The van der Waals surface area contributed by atoms with Gasteiger partial charge in [-0.3, -0.25) is 9.59 Å². The number of aromatic nitrogens is 4. The van der Waals surface area contributed by atoms with E-state index in [-0.39, 0.29) is 11.8 Å². The van der Waals surface area contributed by atoms with Crippen LogP contribution in [0.15, 0.2) is 37.1 Å². The molecule has 1 aliphatic heterocycles. The number of piperazine rings is 1. The van der Waals surface area contributed by atoms with Crippen LogP contribution >= 0.6 is 0 Å². The second-order valence-corrected chi connectivity index (χ2v) is 8.56. The molecule has 0 radical (unpaired) electrons. The number of fused-ring (bicyclic) bond motifs is 1. The van der Waals surface area contributed by atoms with Crippen molar-refractivity contribution in [3.63, 3.8) is 0 Å². The summed E-state index contributed by atoms with van der Waals surface area (Å²) in [6, 6.07) is 3.66. The molecular weight excluding hydrogens is 380 g/mol. The van der Waals surface area contributed by atoms with Gasteiger partial charge in [-0.25, -0.2) is 15.0 Å². The van der Waals surface area contributed by atoms with E-state index >= 15 is 0 Å². The molecule has 0 unspecified atom stereocenters. The number of rotatable bonds is 4. The van der Waals surface area contributed by atoms with Gasteiger partial charge in [0.25, 0.3) is 5.91 Å². The summed E-state index contributed by atoms with van der Waals surface area (Å²) in [5.41, 5.74) is 2.05. The predicted molar refractivity (Wildman–Crippen MR) is 114 cm³/mol. The first kappa shape index (κ1) is 20.0. The van der Waals surface area contributed by atoms with Crippen molar-refractivity contribution in [3.8, 4) is 11.1 Å². The average molecular weight is 406 g/mol. The third kappa shape index (κ3) is 3.42. The molecule has 3 aromatic heterocycles. The maximum Gasteiger partial charge on any atom is 0.273 e. The molecule has 1 aliphatic rings. The maximum absolute atomic E-state index is 13.3. The third-order valence-electron chi connectivity index (χ3n) is 5.47. The normalized spacial score (nSPS) is 16.2. The van der Waals surface area contributed by atoms with Crippen molar-refractivity contribution in [2.75, 3.05) is 13.1 Å². The molecule has 156 valence electrons. The van der Waals surface area contributed by atoms with Crippen molar-refractivity contribution in [1.82, 2.24) is 29.7 Å². The molecule has 30 heavy (non-hydrogen) atoms. The van der Waals surface area contributed by atoms with Crippen LogP contribution in [0.3, 0.4) is 0 Å². The lowest BCUT2D eigenvalue weighted by Gasteiger charge is -2.40. The quantitative estimate of drug-likeness (QED) is 0.719. The van der Waals surface area contributed by atoms with Gasteiger partial charge in [-0.1, -0.05) is 13.8 Å². The topological polar surface area (TPSA) is 93.0 Å². The standard InChI is InChI=1S/C22H26N6O2/c1-14(2)11-27-12-17(15-9-23-13-24-10-15)16-5-6-18(26-19(16)27)20(29)28-8-7-25-21(30)22(28,3)4/h5-6,9-10,12-14H,7-8,11H2,1-4H3,(H,25,30). The minimum Gasteiger partial charge on any atom is -0.352 e. The molecule has 8 nitrogen and oxygen atoms in total. The van der Waals surface area contributed by atoms with Crippen LogP contribution in [0.1, 0.15) is 38.2 Å². The highest BCUT2D eigenvalue weighted by Gasteiger charge is 2.41. The Morgan fingerprint density at radius 1 is 1.23 bits per heavy atom. The number of carbonyl (C=O) groups excluding carboxylic acids is 2. The Hall–Kier alpha value is -3.29. The van der Waals surface area contributed by atoms with Crippen molar-refractivity contribution in [3.05, 3.63) is 42.7 Å². The molecule has 0 aliphatic carbocycles. The summed E-state index contributed by atoms with van der Waals surface area (Å²) in [7, 11) is 0. The van der Waals surface area contributed by atoms with Crippen molar-refractivity contribution >= 4 is 22.8 Å². The Morgan fingerprint density at radius 2 is 1.97 bits per heavy atom. The highest BCUT2D eigenvalue weighted by Crippen LogP contribution is 2.30. The molecule has 3 aromatic rings. The summed E-state index contributed by atoms with van der Waals surface area (Å²) in [5.74, 6) is 0.0164.